The zero-order chi connectivity index (χ0) is 12.3. The molecule has 2 rings (SSSR count). The fourth-order valence-corrected chi connectivity index (χ4v) is 2.36. The highest BCUT2D eigenvalue weighted by Gasteiger charge is 2.09. The van der Waals surface area contributed by atoms with Gasteiger partial charge in [-0.15, -0.1) is 0 Å². The summed E-state index contributed by atoms with van der Waals surface area (Å²) in [4.78, 5) is 16.0. The molecule has 0 aliphatic carbocycles. The smallest absolute Gasteiger partial charge is 0.293 e. The lowest BCUT2D eigenvalue weighted by Crippen LogP contribution is -2.24. The van der Waals surface area contributed by atoms with E-state index >= 15 is 0 Å². The van der Waals surface area contributed by atoms with Gasteiger partial charge in [-0.2, -0.15) is 11.3 Å². The molecule has 0 aliphatic rings. The molecule has 17 heavy (non-hydrogen) atoms. The standard InChI is InChI=1S/C12H15N3OS/c1-3-15-6-5-13-11(12(15)16)14-9(2)10-4-7-17-8-10/h4-9H,3H2,1-2H3,(H,13,14). The van der Waals surface area contributed by atoms with Gasteiger partial charge in [0.05, 0.1) is 6.04 Å². The van der Waals surface area contributed by atoms with Gasteiger partial charge < -0.3 is 9.88 Å². The Bertz CT molecular complexity index is 533. The predicted octanol–water partition coefficient (Wildman–Crippen LogP) is 2.50. The minimum absolute atomic E-state index is 0.0721. The number of nitrogens with zero attached hydrogens (tertiary/aromatic N) is 2. The van der Waals surface area contributed by atoms with E-state index in [1.165, 1.54) is 5.56 Å². The van der Waals surface area contributed by atoms with Gasteiger partial charge in [0.2, 0.25) is 0 Å². The van der Waals surface area contributed by atoms with Crippen LogP contribution in [0.3, 0.4) is 0 Å². The SMILES string of the molecule is CCn1ccnc(NC(C)c2ccsc2)c1=O. The van der Waals surface area contributed by atoms with Gasteiger partial charge in [0, 0.05) is 18.9 Å². The molecule has 90 valence electrons. The minimum atomic E-state index is -0.0721. The lowest BCUT2D eigenvalue weighted by Gasteiger charge is -2.13. The molecule has 0 aromatic carbocycles. The van der Waals surface area contributed by atoms with Crippen LogP contribution >= 0.6 is 11.3 Å². The third-order valence-electron chi connectivity index (χ3n) is 2.65. The van der Waals surface area contributed by atoms with E-state index in [1.807, 2.05) is 25.3 Å². The van der Waals surface area contributed by atoms with E-state index in [0.29, 0.717) is 12.4 Å². The van der Waals surface area contributed by atoms with Crippen LogP contribution in [0.4, 0.5) is 5.82 Å². The Morgan fingerprint density at radius 1 is 1.59 bits per heavy atom. The van der Waals surface area contributed by atoms with Gasteiger partial charge in [0.15, 0.2) is 5.82 Å². The Morgan fingerprint density at radius 3 is 3.06 bits per heavy atom. The second-order valence-corrected chi connectivity index (χ2v) is 4.57. The molecule has 0 saturated heterocycles. The third-order valence-corrected chi connectivity index (χ3v) is 3.35. The van der Waals surface area contributed by atoms with Crippen LogP contribution in [-0.2, 0) is 6.54 Å². The van der Waals surface area contributed by atoms with Crippen LogP contribution in [0.1, 0.15) is 25.5 Å². The van der Waals surface area contributed by atoms with E-state index < -0.39 is 0 Å². The number of thiophene rings is 1. The van der Waals surface area contributed by atoms with Crippen molar-refractivity contribution in [2.45, 2.75) is 26.4 Å². The number of rotatable bonds is 4. The lowest BCUT2D eigenvalue weighted by molar-refractivity contribution is 0.714. The second-order valence-electron chi connectivity index (χ2n) is 3.79. The zero-order valence-corrected chi connectivity index (χ0v) is 10.7. The van der Waals surface area contributed by atoms with Crippen LogP contribution in [0.5, 0.6) is 0 Å². The quantitative estimate of drug-likeness (QED) is 0.905. The van der Waals surface area contributed by atoms with E-state index in [-0.39, 0.29) is 11.6 Å². The first-order valence-corrected chi connectivity index (χ1v) is 6.50. The van der Waals surface area contributed by atoms with E-state index in [9.17, 15) is 4.79 Å². The van der Waals surface area contributed by atoms with E-state index in [1.54, 1.807) is 28.3 Å². The molecular weight excluding hydrogens is 234 g/mol. The van der Waals surface area contributed by atoms with Crippen LogP contribution in [0.25, 0.3) is 0 Å². The highest BCUT2D eigenvalue weighted by atomic mass is 32.1. The van der Waals surface area contributed by atoms with E-state index in [0.717, 1.165) is 0 Å². The molecule has 2 aromatic rings. The van der Waals surface area contributed by atoms with Crippen LogP contribution in [0.2, 0.25) is 0 Å². The highest BCUT2D eigenvalue weighted by Crippen LogP contribution is 2.18. The summed E-state index contributed by atoms with van der Waals surface area (Å²) in [5, 5.41) is 7.24. The first-order valence-electron chi connectivity index (χ1n) is 5.56. The molecule has 5 heteroatoms. The molecule has 1 unspecified atom stereocenters. The normalized spacial score (nSPS) is 12.4. The number of aryl methyl sites for hydroxylation is 1. The van der Waals surface area contributed by atoms with Gasteiger partial charge in [-0.3, -0.25) is 4.79 Å². The first kappa shape index (κ1) is 11.9. The Labute approximate surface area is 104 Å². The van der Waals surface area contributed by atoms with Gasteiger partial charge in [0.1, 0.15) is 0 Å². The molecule has 0 aliphatic heterocycles. The molecule has 0 amide bonds. The molecule has 2 aromatic heterocycles. The largest absolute Gasteiger partial charge is 0.359 e. The Kier molecular flexibility index (Phi) is 3.58. The lowest BCUT2D eigenvalue weighted by atomic mass is 10.2. The topological polar surface area (TPSA) is 46.9 Å². The van der Waals surface area contributed by atoms with Crippen molar-refractivity contribution >= 4 is 17.2 Å². The van der Waals surface area contributed by atoms with Crippen LogP contribution < -0.4 is 10.9 Å². The summed E-state index contributed by atoms with van der Waals surface area (Å²) in [5.41, 5.74) is 1.10. The van der Waals surface area contributed by atoms with Crippen LogP contribution in [-0.4, -0.2) is 9.55 Å². The molecule has 0 saturated carbocycles. The minimum Gasteiger partial charge on any atom is -0.359 e. The third kappa shape index (κ3) is 2.55. The molecule has 0 spiro atoms. The van der Waals surface area contributed by atoms with Crippen molar-refractivity contribution in [3.8, 4) is 0 Å². The number of anilines is 1. The van der Waals surface area contributed by atoms with E-state index in [2.05, 4.69) is 15.7 Å². The predicted molar refractivity (Wildman–Crippen MR) is 70.5 cm³/mol. The molecule has 0 fully saturated rings. The first-order chi connectivity index (χ1) is 8.22. The van der Waals surface area contributed by atoms with Crippen molar-refractivity contribution < 1.29 is 0 Å². The summed E-state index contributed by atoms with van der Waals surface area (Å²) in [6, 6.07) is 2.14. The zero-order valence-electron chi connectivity index (χ0n) is 9.88. The fraction of sp³-hybridized carbons (Fsp3) is 0.333. The number of nitrogens with one attached hydrogen (secondary N) is 1. The van der Waals surface area contributed by atoms with E-state index in [4.69, 9.17) is 0 Å². The van der Waals surface area contributed by atoms with Gasteiger partial charge in [0.25, 0.3) is 5.56 Å². The number of aromatic nitrogens is 2. The van der Waals surface area contributed by atoms with Gasteiger partial charge in [-0.05, 0) is 36.2 Å². The molecule has 4 nitrogen and oxygen atoms in total. The Morgan fingerprint density at radius 2 is 2.41 bits per heavy atom. The summed E-state index contributed by atoms with van der Waals surface area (Å²) >= 11 is 1.65. The molecule has 0 bridgehead atoms. The number of hydrogen-bond donors (Lipinski definition) is 1. The summed E-state index contributed by atoms with van der Waals surface area (Å²) in [7, 11) is 0. The summed E-state index contributed by atoms with van der Waals surface area (Å²) in [6.07, 6.45) is 3.34. The fourth-order valence-electron chi connectivity index (χ4n) is 1.61. The van der Waals surface area contributed by atoms with Crippen molar-refractivity contribution in [2.75, 3.05) is 5.32 Å². The highest BCUT2D eigenvalue weighted by molar-refractivity contribution is 7.07. The summed E-state index contributed by atoms with van der Waals surface area (Å²) in [5.74, 6) is 0.410. The Balaban J connectivity index is 2.22. The van der Waals surface area contributed by atoms with Crippen molar-refractivity contribution in [3.05, 3.63) is 45.1 Å². The Hall–Kier alpha value is -1.62. The molecule has 1 N–H and O–H groups in total. The molecule has 2 heterocycles. The maximum Gasteiger partial charge on any atom is 0.293 e. The van der Waals surface area contributed by atoms with Crippen LogP contribution in [0, 0.1) is 0 Å². The van der Waals surface area contributed by atoms with Crippen molar-refractivity contribution in [1.82, 2.24) is 9.55 Å². The van der Waals surface area contributed by atoms with Gasteiger partial charge in [-0.25, -0.2) is 4.98 Å². The second kappa shape index (κ2) is 5.14. The summed E-state index contributed by atoms with van der Waals surface area (Å²) < 4.78 is 1.63. The monoisotopic (exact) mass is 249 g/mol. The molecule has 1 atom stereocenters. The summed E-state index contributed by atoms with van der Waals surface area (Å²) in [6.45, 7) is 4.61. The van der Waals surface area contributed by atoms with Crippen molar-refractivity contribution in [3.63, 3.8) is 0 Å². The van der Waals surface area contributed by atoms with Gasteiger partial charge >= 0.3 is 0 Å². The average Bonchev–Trinajstić information content (AvgIpc) is 2.85. The maximum atomic E-state index is 11.9. The number of hydrogen-bond acceptors (Lipinski definition) is 4. The van der Waals surface area contributed by atoms with Gasteiger partial charge in [-0.1, -0.05) is 0 Å². The average molecular weight is 249 g/mol. The van der Waals surface area contributed by atoms with Crippen molar-refractivity contribution in [2.24, 2.45) is 0 Å². The van der Waals surface area contributed by atoms with Crippen LogP contribution in [0.15, 0.2) is 34.0 Å². The van der Waals surface area contributed by atoms with Crippen molar-refractivity contribution in [1.29, 1.82) is 0 Å². The maximum absolute atomic E-state index is 11.9. The molecular formula is C12H15N3OS. The molecule has 0 radical (unpaired) electrons.